The molecule has 0 bridgehead atoms. The van der Waals surface area contributed by atoms with Gasteiger partial charge in [-0.05, 0) is 78.1 Å². The van der Waals surface area contributed by atoms with Gasteiger partial charge in [-0.15, -0.1) is 0 Å². The quantitative estimate of drug-likeness (QED) is 0.0409. The number of aliphatic carboxylic acids is 1. The Morgan fingerprint density at radius 3 is 1.11 bits per heavy atom. The molecule has 0 saturated carbocycles. The molecule has 0 heterocycles. The van der Waals surface area contributed by atoms with Crippen molar-refractivity contribution in [1.82, 2.24) is 0 Å². The third-order valence-electron chi connectivity index (χ3n) is 9.47. The van der Waals surface area contributed by atoms with E-state index in [-0.39, 0.29) is 11.9 Å². The highest BCUT2D eigenvalue weighted by molar-refractivity contribution is 5.99. The van der Waals surface area contributed by atoms with E-state index in [1.54, 1.807) is 0 Å². The first-order chi connectivity index (χ1) is 22.9. The molecular weight excluding hydrogens is 580 g/mol. The Kier molecular flexibility index (Phi) is 33.4. The number of hydrogen-bond acceptors (Lipinski definition) is 3. The van der Waals surface area contributed by atoms with Crippen molar-refractivity contribution in [2.24, 2.45) is 0 Å². The average molecular weight is 661 g/mol. The van der Waals surface area contributed by atoms with E-state index < -0.39 is 18.0 Å². The lowest BCUT2D eigenvalue weighted by molar-refractivity contribution is -0.159. The summed E-state index contributed by atoms with van der Waals surface area (Å²) < 4.78 is 6.32. The van der Waals surface area contributed by atoms with Gasteiger partial charge in [0.2, 0.25) is 0 Å². The maximum atomic E-state index is 13.3. The van der Waals surface area contributed by atoms with E-state index in [2.05, 4.69) is 38.2 Å². The molecule has 0 spiro atoms. The molecule has 4 nitrogen and oxygen atoms in total. The molecule has 0 aliphatic heterocycles. The number of hydrogen-bond donors (Lipinski definition) is 1. The summed E-state index contributed by atoms with van der Waals surface area (Å²) in [5, 5.41) is 9.42. The molecule has 0 aromatic carbocycles. The summed E-state index contributed by atoms with van der Waals surface area (Å²) in [4.78, 5) is 24.8. The topological polar surface area (TPSA) is 63.6 Å². The van der Waals surface area contributed by atoms with Gasteiger partial charge >= 0.3 is 5.97 Å². The summed E-state index contributed by atoms with van der Waals surface area (Å²) in [6.45, 7) is 8.47. The number of carboxylic acid groups (broad SMARTS) is 1. The van der Waals surface area contributed by atoms with Crippen molar-refractivity contribution in [2.45, 2.75) is 238 Å². The predicted octanol–water partition coefficient (Wildman–Crippen LogP) is 14.0. The number of Topliss-reactive ketones (excluding diaryl/α,β-unsaturated/α-hetero) is 1. The minimum atomic E-state index is -1.05. The number of ketones is 1. The van der Waals surface area contributed by atoms with E-state index in [4.69, 9.17) is 4.74 Å². The number of rotatable bonds is 37. The number of allylic oxidation sites excluding steroid dienone is 4. The van der Waals surface area contributed by atoms with Crippen LogP contribution in [0.4, 0.5) is 0 Å². The van der Waals surface area contributed by atoms with E-state index in [0.29, 0.717) is 12.8 Å². The van der Waals surface area contributed by atoms with Gasteiger partial charge in [0, 0.05) is 0 Å². The Balaban J connectivity index is 4.29. The van der Waals surface area contributed by atoms with E-state index in [0.717, 1.165) is 25.7 Å². The van der Waals surface area contributed by atoms with Crippen molar-refractivity contribution >= 4 is 11.8 Å². The van der Waals surface area contributed by atoms with Crippen LogP contribution in [0.3, 0.4) is 0 Å². The Bertz CT molecular complexity index is 711. The molecule has 4 heteroatoms. The van der Waals surface area contributed by atoms with Crippen molar-refractivity contribution in [3.63, 3.8) is 0 Å². The van der Waals surface area contributed by atoms with Gasteiger partial charge in [0.05, 0.1) is 6.10 Å². The monoisotopic (exact) mass is 661 g/mol. The van der Waals surface area contributed by atoms with Crippen molar-refractivity contribution in [2.75, 3.05) is 0 Å². The summed E-state index contributed by atoms with van der Waals surface area (Å²) in [6, 6.07) is 0. The largest absolute Gasteiger partial charge is 0.481 e. The zero-order valence-corrected chi connectivity index (χ0v) is 32.0. The Morgan fingerprint density at radius 1 is 0.511 bits per heavy atom. The van der Waals surface area contributed by atoms with Gasteiger partial charge in [-0.3, -0.25) is 9.59 Å². The van der Waals surface area contributed by atoms with Gasteiger partial charge in [0.1, 0.15) is 12.0 Å². The lowest BCUT2D eigenvalue weighted by atomic mass is 9.84. The van der Waals surface area contributed by atoms with Gasteiger partial charge in [-0.2, -0.15) is 0 Å². The minimum Gasteiger partial charge on any atom is -0.481 e. The van der Waals surface area contributed by atoms with Gasteiger partial charge in [0.25, 0.3) is 0 Å². The van der Waals surface area contributed by atoms with Crippen LogP contribution < -0.4 is 0 Å². The van der Waals surface area contributed by atoms with Crippen molar-refractivity contribution in [3.8, 4) is 0 Å². The molecule has 0 rings (SSSR count). The predicted molar refractivity (Wildman–Crippen MR) is 204 cm³/mol. The maximum absolute atomic E-state index is 13.3. The normalized spacial score (nSPS) is 12.3. The molecule has 0 fully saturated rings. The van der Waals surface area contributed by atoms with Crippen LogP contribution in [-0.4, -0.2) is 28.6 Å². The Labute approximate surface area is 293 Å². The molecule has 0 unspecified atom stereocenters. The molecule has 47 heavy (non-hydrogen) atoms. The second kappa shape index (κ2) is 34.4. The first kappa shape index (κ1) is 45.6. The maximum Gasteiger partial charge on any atom is 0.310 e. The Hall–Kier alpha value is -1.42. The fraction of sp³-hybridized carbons (Fsp3) is 0.860. The van der Waals surface area contributed by atoms with Crippen LogP contribution in [0.25, 0.3) is 0 Å². The van der Waals surface area contributed by atoms with Gasteiger partial charge in [-0.1, -0.05) is 167 Å². The highest BCUT2D eigenvalue weighted by Crippen LogP contribution is 2.31. The summed E-state index contributed by atoms with van der Waals surface area (Å²) in [6.07, 6.45) is 45.2. The zero-order valence-electron chi connectivity index (χ0n) is 32.0. The highest BCUT2D eigenvalue weighted by atomic mass is 16.5. The highest BCUT2D eigenvalue weighted by Gasteiger charge is 2.39. The van der Waals surface area contributed by atoms with Crippen LogP contribution in [0.5, 0.6) is 0 Å². The van der Waals surface area contributed by atoms with Gasteiger partial charge < -0.3 is 9.84 Å². The minimum absolute atomic E-state index is 0.101. The van der Waals surface area contributed by atoms with Crippen LogP contribution in [0.1, 0.15) is 227 Å². The number of carbonyl (C=O) groups excluding carboxylic acids is 1. The van der Waals surface area contributed by atoms with E-state index >= 15 is 0 Å². The SMILES string of the molecule is CCCCCCCC/C=C\CCCCCCCCC(CCCCCCCC/C=C\CCCCCCCC)(OC(C)C)C(=O)CC(=O)O. The summed E-state index contributed by atoms with van der Waals surface area (Å²) in [7, 11) is 0. The lowest BCUT2D eigenvalue weighted by Crippen LogP contribution is -2.44. The van der Waals surface area contributed by atoms with Crippen molar-refractivity contribution in [3.05, 3.63) is 24.3 Å². The first-order valence-corrected chi connectivity index (χ1v) is 20.6. The number of carboxylic acids is 1. The van der Waals surface area contributed by atoms with E-state index in [9.17, 15) is 14.7 Å². The fourth-order valence-electron chi connectivity index (χ4n) is 6.65. The summed E-state index contributed by atoms with van der Waals surface area (Å²) >= 11 is 0. The lowest BCUT2D eigenvalue weighted by Gasteiger charge is -2.34. The van der Waals surface area contributed by atoms with Crippen molar-refractivity contribution in [1.29, 1.82) is 0 Å². The van der Waals surface area contributed by atoms with Gasteiger partial charge in [0.15, 0.2) is 5.78 Å². The first-order valence-electron chi connectivity index (χ1n) is 20.6. The fourth-order valence-corrected chi connectivity index (χ4v) is 6.65. The number of ether oxygens (including phenoxy) is 1. The molecule has 0 aliphatic carbocycles. The van der Waals surface area contributed by atoms with Crippen LogP contribution in [0.2, 0.25) is 0 Å². The van der Waals surface area contributed by atoms with E-state index in [1.807, 2.05) is 13.8 Å². The molecular formula is C43H80O4. The van der Waals surface area contributed by atoms with Crippen molar-refractivity contribution < 1.29 is 19.4 Å². The second-order valence-electron chi connectivity index (χ2n) is 14.5. The number of unbranched alkanes of at least 4 members (excludes halogenated alkanes) is 24. The molecule has 0 aromatic heterocycles. The molecule has 0 aliphatic rings. The standard InChI is InChI=1S/C43H80O4/c1-5-7-9-11-13-15-17-19-21-23-25-27-29-31-33-35-37-43(47-40(3)4,41(44)39-42(45)46)38-36-34-32-30-28-26-24-22-20-18-16-14-12-10-8-6-2/h19-22,40H,5-18,23-39H2,1-4H3,(H,45,46)/b21-19-,22-20-. The van der Waals surface area contributed by atoms with E-state index in [1.165, 1.54) is 154 Å². The molecule has 0 aromatic rings. The van der Waals surface area contributed by atoms with Crippen LogP contribution in [0.15, 0.2) is 24.3 Å². The summed E-state index contributed by atoms with van der Waals surface area (Å²) in [5.41, 5.74) is -0.950. The van der Waals surface area contributed by atoms with Crippen LogP contribution in [0, 0.1) is 0 Å². The molecule has 0 amide bonds. The zero-order chi connectivity index (χ0) is 34.7. The molecule has 0 atom stereocenters. The summed E-state index contributed by atoms with van der Waals surface area (Å²) in [5.74, 6) is -1.28. The third-order valence-corrected chi connectivity index (χ3v) is 9.47. The molecule has 276 valence electrons. The second-order valence-corrected chi connectivity index (χ2v) is 14.5. The molecule has 1 N–H and O–H groups in total. The average Bonchev–Trinajstić information content (AvgIpc) is 3.03. The molecule has 0 saturated heterocycles. The number of carbonyl (C=O) groups is 2. The smallest absolute Gasteiger partial charge is 0.310 e. The van der Waals surface area contributed by atoms with Crippen LogP contribution in [-0.2, 0) is 14.3 Å². The third kappa shape index (κ3) is 30.4. The van der Waals surface area contributed by atoms with Gasteiger partial charge in [-0.25, -0.2) is 0 Å². The Morgan fingerprint density at radius 2 is 0.809 bits per heavy atom. The molecule has 0 radical (unpaired) electrons. The van der Waals surface area contributed by atoms with Crippen LogP contribution >= 0.6 is 0 Å².